The van der Waals surface area contributed by atoms with Gasteiger partial charge < -0.3 is 25.0 Å². The zero-order chi connectivity index (χ0) is 13.7. The molecule has 1 aromatic rings. The Labute approximate surface area is 107 Å². The molecule has 1 rings (SSSR count). The quantitative estimate of drug-likeness (QED) is 0.709. The Bertz CT molecular complexity index is 402. The molecule has 102 valence electrons. The van der Waals surface area contributed by atoms with Crippen molar-refractivity contribution in [3.8, 4) is 11.5 Å². The fourth-order valence-electron chi connectivity index (χ4n) is 1.81. The van der Waals surface area contributed by atoms with Crippen molar-refractivity contribution in [1.82, 2.24) is 0 Å². The van der Waals surface area contributed by atoms with Crippen LogP contribution in [0.15, 0.2) is 6.07 Å². The summed E-state index contributed by atoms with van der Waals surface area (Å²) in [6.07, 6.45) is 0. The topological polar surface area (TPSA) is 71.0 Å². The first-order chi connectivity index (χ1) is 8.58. The number of hydrogen-bond acceptors (Lipinski definition) is 5. The maximum Gasteiger partial charge on any atom is 0.145 e. The van der Waals surface area contributed by atoms with E-state index in [1.165, 1.54) is 0 Å². The molecule has 0 radical (unpaired) electrons. The summed E-state index contributed by atoms with van der Waals surface area (Å²) in [5.74, 6) is 1.44. The van der Waals surface area contributed by atoms with Crippen molar-refractivity contribution in [3.05, 3.63) is 17.2 Å². The van der Waals surface area contributed by atoms with Crippen LogP contribution < -0.4 is 14.8 Å². The summed E-state index contributed by atoms with van der Waals surface area (Å²) in [7, 11) is 3.19. The molecule has 0 bridgehead atoms. The van der Waals surface area contributed by atoms with Crippen molar-refractivity contribution in [3.63, 3.8) is 0 Å². The van der Waals surface area contributed by atoms with Gasteiger partial charge in [-0.05, 0) is 25.0 Å². The first-order valence-corrected chi connectivity index (χ1v) is 5.79. The van der Waals surface area contributed by atoms with Gasteiger partial charge in [0.15, 0.2) is 0 Å². The molecule has 0 unspecified atom stereocenters. The monoisotopic (exact) mass is 255 g/mol. The third-order valence-corrected chi connectivity index (χ3v) is 3.02. The SMILES string of the molecule is COc1cc(NC(CO)CO)c(OC)c(C)c1C. The largest absolute Gasteiger partial charge is 0.496 e. The molecule has 0 saturated carbocycles. The highest BCUT2D eigenvalue weighted by Gasteiger charge is 2.16. The second kappa shape index (κ2) is 6.47. The van der Waals surface area contributed by atoms with Crippen LogP contribution in [0.5, 0.6) is 11.5 Å². The van der Waals surface area contributed by atoms with Gasteiger partial charge in [0.05, 0.1) is 39.2 Å². The Hall–Kier alpha value is -1.46. The Morgan fingerprint density at radius 2 is 1.72 bits per heavy atom. The molecule has 0 atom stereocenters. The summed E-state index contributed by atoms with van der Waals surface area (Å²) in [6.45, 7) is 3.58. The van der Waals surface area contributed by atoms with Gasteiger partial charge in [-0.3, -0.25) is 0 Å². The predicted octanol–water partition coefficient (Wildman–Crippen LogP) is 1.09. The van der Waals surface area contributed by atoms with Crippen LogP contribution in [0.3, 0.4) is 0 Å². The third kappa shape index (κ3) is 2.86. The molecule has 0 aliphatic rings. The number of aliphatic hydroxyl groups is 2. The van der Waals surface area contributed by atoms with E-state index in [-0.39, 0.29) is 13.2 Å². The molecule has 0 aliphatic carbocycles. The van der Waals surface area contributed by atoms with E-state index in [1.807, 2.05) is 13.8 Å². The summed E-state index contributed by atoms with van der Waals surface area (Å²) < 4.78 is 10.7. The molecular weight excluding hydrogens is 234 g/mol. The van der Waals surface area contributed by atoms with Crippen LogP contribution in [0.1, 0.15) is 11.1 Å². The molecule has 5 nitrogen and oxygen atoms in total. The number of benzene rings is 1. The minimum absolute atomic E-state index is 0.158. The average Bonchev–Trinajstić information content (AvgIpc) is 2.39. The average molecular weight is 255 g/mol. The summed E-state index contributed by atoms with van der Waals surface area (Å²) >= 11 is 0. The van der Waals surface area contributed by atoms with E-state index < -0.39 is 6.04 Å². The Morgan fingerprint density at radius 1 is 1.11 bits per heavy atom. The van der Waals surface area contributed by atoms with E-state index in [1.54, 1.807) is 20.3 Å². The lowest BCUT2D eigenvalue weighted by Gasteiger charge is -2.21. The fourth-order valence-corrected chi connectivity index (χ4v) is 1.81. The number of ether oxygens (including phenoxy) is 2. The molecule has 0 aromatic heterocycles. The van der Waals surface area contributed by atoms with Gasteiger partial charge in [-0.1, -0.05) is 0 Å². The van der Waals surface area contributed by atoms with Crippen molar-refractivity contribution < 1.29 is 19.7 Å². The van der Waals surface area contributed by atoms with E-state index in [9.17, 15) is 0 Å². The van der Waals surface area contributed by atoms with Gasteiger partial charge in [-0.2, -0.15) is 0 Å². The van der Waals surface area contributed by atoms with Crippen molar-refractivity contribution >= 4 is 5.69 Å². The number of nitrogens with one attached hydrogen (secondary N) is 1. The minimum atomic E-state index is -0.425. The van der Waals surface area contributed by atoms with Gasteiger partial charge in [0.25, 0.3) is 0 Å². The Morgan fingerprint density at radius 3 is 2.17 bits per heavy atom. The zero-order valence-corrected chi connectivity index (χ0v) is 11.3. The van der Waals surface area contributed by atoms with Gasteiger partial charge >= 0.3 is 0 Å². The molecule has 1 aromatic carbocycles. The molecule has 0 saturated heterocycles. The lowest BCUT2D eigenvalue weighted by molar-refractivity contribution is 0.203. The van der Waals surface area contributed by atoms with Crippen LogP contribution in [0.4, 0.5) is 5.69 Å². The van der Waals surface area contributed by atoms with Crippen LogP contribution in [-0.4, -0.2) is 43.7 Å². The van der Waals surface area contributed by atoms with Crippen LogP contribution in [0.2, 0.25) is 0 Å². The maximum atomic E-state index is 9.11. The van der Waals surface area contributed by atoms with Crippen LogP contribution in [0, 0.1) is 13.8 Å². The first-order valence-electron chi connectivity index (χ1n) is 5.79. The number of rotatable bonds is 6. The molecule has 18 heavy (non-hydrogen) atoms. The van der Waals surface area contributed by atoms with Crippen molar-refractivity contribution in [2.45, 2.75) is 19.9 Å². The van der Waals surface area contributed by atoms with E-state index in [4.69, 9.17) is 19.7 Å². The molecule has 0 aliphatic heterocycles. The summed E-state index contributed by atoms with van der Waals surface area (Å²) in [4.78, 5) is 0. The van der Waals surface area contributed by atoms with E-state index in [0.29, 0.717) is 11.4 Å². The predicted molar refractivity (Wildman–Crippen MR) is 70.6 cm³/mol. The van der Waals surface area contributed by atoms with Gasteiger partial charge in [-0.25, -0.2) is 0 Å². The molecule has 3 N–H and O–H groups in total. The van der Waals surface area contributed by atoms with Crippen molar-refractivity contribution in [2.75, 3.05) is 32.8 Å². The number of aliphatic hydroxyl groups excluding tert-OH is 2. The number of anilines is 1. The Kier molecular flexibility index (Phi) is 5.25. The van der Waals surface area contributed by atoms with Crippen LogP contribution in [0.25, 0.3) is 0 Å². The molecular formula is C13H21NO4. The smallest absolute Gasteiger partial charge is 0.145 e. The van der Waals surface area contributed by atoms with Crippen molar-refractivity contribution in [1.29, 1.82) is 0 Å². The van der Waals surface area contributed by atoms with Crippen LogP contribution >= 0.6 is 0 Å². The van der Waals surface area contributed by atoms with E-state index in [0.717, 1.165) is 16.9 Å². The van der Waals surface area contributed by atoms with Gasteiger partial charge in [0.2, 0.25) is 0 Å². The summed E-state index contributed by atoms with van der Waals surface area (Å²) in [5, 5.41) is 21.2. The number of hydrogen-bond donors (Lipinski definition) is 3. The third-order valence-electron chi connectivity index (χ3n) is 3.02. The summed E-state index contributed by atoms with van der Waals surface area (Å²) in [6, 6.07) is 1.38. The van der Waals surface area contributed by atoms with E-state index >= 15 is 0 Å². The zero-order valence-electron chi connectivity index (χ0n) is 11.3. The second-order valence-electron chi connectivity index (χ2n) is 4.12. The molecule has 0 spiro atoms. The molecule has 0 amide bonds. The molecule has 5 heteroatoms. The highest BCUT2D eigenvalue weighted by Crippen LogP contribution is 2.37. The lowest BCUT2D eigenvalue weighted by atomic mass is 10.1. The number of methoxy groups -OCH3 is 2. The fraction of sp³-hybridized carbons (Fsp3) is 0.538. The van der Waals surface area contributed by atoms with Crippen LogP contribution in [-0.2, 0) is 0 Å². The minimum Gasteiger partial charge on any atom is -0.496 e. The van der Waals surface area contributed by atoms with E-state index in [2.05, 4.69) is 5.32 Å². The van der Waals surface area contributed by atoms with Gasteiger partial charge in [0, 0.05) is 6.07 Å². The molecule has 0 heterocycles. The standard InChI is InChI=1S/C13H21NO4/c1-8-9(2)13(18-4)11(5-12(8)17-3)14-10(6-15)7-16/h5,10,14-16H,6-7H2,1-4H3. The highest BCUT2D eigenvalue weighted by atomic mass is 16.5. The summed E-state index contributed by atoms with van der Waals surface area (Å²) in [5.41, 5.74) is 2.67. The van der Waals surface area contributed by atoms with Gasteiger partial charge in [-0.15, -0.1) is 0 Å². The van der Waals surface area contributed by atoms with Crippen molar-refractivity contribution in [2.24, 2.45) is 0 Å². The van der Waals surface area contributed by atoms with Gasteiger partial charge in [0.1, 0.15) is 11.5 Å². The first kappa shape index (κ1) is 14.6. The second-order valence-corrected chi connectivity index (χ2v) is 4.12. The lowest BCUT2D eigenvalue weighted by Crippen LogP contribution is -2.28. The maximum absolute atomic E-state index is 9.11. The molecule has 0 fully saturated rings. The Balaban J connectivity index is 3.20. The normalized spacial score (nSPS) is 10.6. The highest BCUT2D eigenvalue weighted by molar-refractivity contribution is 5.66.